The molecule has 3 rings (SSSR count). The molecule has 1 nitrogen and oxygen atoms in total. The summed E-state index contributed by atoms with van der Waals surface area (Å²) >= 11 is 0. The molecular weight excluding hydrogens is 237 g/mol. The van der Waals surface area contributed by atoms with Crippen LogP contribution in [0.3, 0.4) is 0 Å². The first kappa shape index (κ1) is 12.2. The Morgan fingerprint density at radius 2 is 1.84 bits per heavy atom. The van der Waals surface area contributed by atoms with Crippen molar-refractivity contribution >= 4 is 5.69 Å². The van der Waals surface area contributed by atoms with Gasteiger partial charge in [0.05, 0.1) is 11.7 Å². The van der Waals surface area contributed by atoms with Crippen LogP contribution >= 0.6 is 0 Å². The third-order valence-corrected chi connectivity index (χ3v) is 3.68. The van der Waals surface area contributed by atoms with Crippen molar-refractivity contribution in [3.63, 3.8) is 0 Å². The average molecular weight is 255 g/mol. The van der Waals surface area contributed by atoms with Crippen LogP contribution in [0.1, 0.15) is 30.0 Å². The zero-order chi connectivity index (χ0) is 13.2. The van der Waals surface area contributed by atoms with Crippen LogP contribution in [0.15, 0.2) is 48.5 Å². The Hall–Kier alpha value is -1.83. The highest BCUT2D eigenvalue weighted by atomic mass is 19.1. The lowest BCUT2D eigenvalue weighted by Gasteiger charge is -2.20. The maximum atomic E-state index is 13.9. The zero-order valence-electron chi connectivity index (χ0n) is 11.1. The lowest BCUT2D eigenvalue weighted by atomic mass is 10.0. The van der Waals surface area contributed by atoms with Crippen molar-refractivity contribution in [1.82, 2.24) is 0 Å². The highest BCUT2D eigenvalue weighted by Gasteiger charge is 2.32. The van der Waals surface area contributed by atoms with E-state index in [0.29, 0.717) is 11.6 Å². The van der Waals surface area contributed by atoms with Gasteiger partial charge in [-0.05, 0) is 48.9 Å². The largest absolute Gasteiger partial charge is 0.376 e. The first-order chi connectivity index (χ1) is 9.24. The fourth-order valence-corrected chi connectivity index (χ4v) is 2.48. The summed E-state index contributed by atoms with van der Waals surface area (Å²) in [6.07, 6.45) is 2.44. The van der Waals surface area contributed by atoms with Gasteiger partial charge in [0.1, 0.15) is 5.82 Å². The number of aryl methyl sites for hydroxylation is 1. The van der Waals surface area contributed by atoms with Gasteiger partial charge in [0.25, 0.3) is 0 Å². The van der Waals surface area contributed by atoms with Crippen molar-refractivity contribution in [2.75, 3.05) is 5.32 Å². The molecule has 1 aliphatic carbocycles. The molecule has 0 amide bonds. The van der Waals surface area contributed by atoms with E-state index in [1.165, 1.54) is 24.5 Å². The van der Waals surface area contributed by atoms with Gasteiger partial charge in [0.2, 0.25) is 0 Å². The Bertz CT molecular complexity index is 561. The third-order valence-electron chi connectivity index (χ3n) is 3.68. The number of benzene rings is 2. The molecule has 0 spiro atoms. The highest BCUT2D eigenvalue weighted by molar-refractivity contribution is 5.49. The third kappa shape index (κ3) is 2.78. The number of nitrogens with one attached hydrogen (secondary N) is 1. The number of hydrogen-bond donors (Lipinski definition) is 1. The monoisotopic (exact) mass is 255 g/mol. The van der Waals surface area contributed by atoms with E-state index in [-0.39, 0.29) is 11.9 Å². The second-order valence-electron chi connectivity index (χ2n) is 5.35. The van der Waals surface area contributed by atoms with Crippen molar-refractivity contribution in [1.29, 1.82) is 0 Å². The van der Waals surface area contributed by atoms with Gasteiger partial charge in [-0.25, -0.2) is 4.39 Å². The Labute approximate surface area is 113 Å². The van der Waals surface area contributed by atoms with E-state index < -0.39 is 0 Å². The molecule has 2 aromatic rings. The van der Waals surface area contributed by atoms with Crippen LogP contribution in [-0.4, -0.2) is 0 Å². The van der Waals surface area contributed by atoms with Gasteiger partial charge in [-0.3, -0.25) is 0 Å². The van der Waals surface area contributed by atoms with Crippen molar-refractivity contribution in [2.45, 2.75) is 25.8 Å². The summed E-state index contributed by atoms with van der Waals surface area (Å²) in [7, 11) is 0. The molecule has 1 atom stereocenters. The van der Waals surface area contributed by atoms with Gasteiger partial charge in [-0.15, -0.1) is 0 Å². The molecule has 1 saturated carbocycles. The molecule has 0 heterocycles. The Morgan fingerprint density at radius 3 is 2.53 bits per heavy atom. The second-order valence-corrected chi connectivity index (χ2v) is 5.35. The molecule has 0 saturated heterocycles. The first-order valence-corrected chi connectivity index (χ1v) is 6.81. The lowest BCUT2D eigenvalue weighted by Crippen LogP contribution is -2.13. The van der Waals surface area contributed by atoms with Crippen LogP contribution in [0.4, 0.5) is 10.1 Å². The molecule has 98 valence electrons. The van der Waals surface area contributed by atoms with Gasteiger partial charge in [0, 0.05) is 0 Å². The number of halogens is 1. The maximum Gasteiger partial charge on any atom is 0.146 e. The second kappa shape index (κ2) is 5.04. The predicted molar refractivity (Wildman–Crippen MR) is 76.7 cm³/mol. The van der Waals surface area contributed by atoms with Gasteiger partial charge in [-0.1, -0.05) is 36.4 Å². The molecule has 0 bridgehead atoms. The first-order valence-electron chi connectivity index (χ1n) is 6.81. The van der Waals surface area contributed by atoms with E-state index in [4.69, 9.17) is 0 Å². The van der Waals surface area contributed by atoms with E-state index in [0.717, 1.165) is 5.56 Å². The molecule has 2 aromatic carbocycles. The topological polar surface area (TPSA) is 12.0 Å². The van der Waals surface area contributed by atoms with Crippen LogP contribution in [0, 0.1) is 18.7 Å². The van der Waals surface area contributed by atoms with Gasteiger partial charge >= 0.3 is 0 Å². The molecule has 0 aliphatic heterocycles. The summed E-state index contributed by atoms with van der Waals surface area (Å²) < 4.78 is 13.9. The van der Waals surface area contributed by atoms with Crippen molar-refractivity contribution in [3.8, 4) is 0 Å². The van der Waals surface area contributed by atoms with E-state index in [2.05, 4.69) is 17.4 Å². The van der Waals surface area contributed by atoms with E-state index in [1.807, 2.05) is 31.2 Å². The smallest absolute Gasteiger partial charge is 0.146 e. The minimum Gasteiger partial charge on any atom is -0.376 e. The van der Waals surface area contributed by atoms with E-state index in [9.17, 15) is 4.39 Å². The molecule has 0 radical (unpaired) electrons. The summed E-state index contributed by atoms with van der Waals surface area (Å²) in [5, 5.41) is 3.39. The summed E-state index contributed by atoms with van der Waals surface area (Å²) in [4.78, 5) is 0. The van der Waals surface area contributed by atoms with Crippen LogP contribution < -0.4 is 5.32 Å². The predicted octanol–water partition coefficient (Wildman–Crippen LogP) is 4.70. The summed E-state index contributed by atoms with van der Waals surface area (Å²) in [5.74, 6) is 0.453. The SMILES string of the molecule is Cc1ccc(F)c(NC(c2ccccc2)C2CC2)c1. The van der Waals surface area contributed by atoms with Crippen LogP contribution in [-0.2, 0) is 0 Å². The molecule has 1 aliphatic rings. The zero-order valence-corrected chi connectivity index (χ0v) is 11.1. The van der Waals surface area contributed by atoms with Crippen LogP contribution in [0.2, 0.25) is 0 Å². The molecule has 2 heteroatoms. The lowest BCUT2D eigenvalue weighted by molar-refractivity contribution is 0.616. The van der Waals surface area contributed by atoms with Crippen molar-refractivity contribution in [2.24, 2.45) is 5.92 Å². The van der Waals surface area contributed by atoms with E-state index in [1.54, 1.807) is 6.07 Å². The Morgan fingerprint density at radius 1 is 1.11 bits per heavy atom. The molecule has 1 fully saturated rings. The van der Waals surface area contributed by atoms with Crippen LogP contribution in [0.25, 0.3) is 0 Å². The van der Waals surface area contributed by atoms with Gasteiger partial charge < -0.3 is 5.32 Å². The van der Waals surface area contributed by atoms with Crippen molar-refractivity contribution < 1.29 is 4.39 Å². The van der Waals surface area contributed by atoms with Crippen molar-refractivity contribution in [3.05, 3.63) is 65.5 Å². The number of anilines is 1. The highest BCUT2D eigenvalue weighted by Crippen LogP contribution is 2.43. The average Bonchev–Trinajstić information content (AvgIpc) is 3.25. The quantitative estimate of drug-likeness (QED) is 0.835. The van der Waals surface area contributed by atoms with E-state index >= 15 is 0 Å². The Balaban J connectivity index is 1.88. The maximum absolute atomic E-state index is 13.9. The summed E-state index contributed by atoms with van der Waals surface area (Å²) in [6.45, 7) is 1.99. The minimum absolute atomic E-state index is 0.174. The number of hydrogen-bond acceptors (Lipinski definition) is 1. The molecule has 0 aromatic heterocycles. The molecule has 1 N–H and O–H groups in total. The van der Waals surface area contributed by atoms with Gasteiger partial charge in [-0.2, -0.15) is 0 Å². The number of rotatable bonds is 4. The minimum atomic E-state index is -0.174. The van der Waals surface area contributed by atoms with Gasteiger partial charge in [0.15, 0.2) is 0 Å². The fourth-order valence-electron chi connectivity index (χ4n) is 2.48. The summed E-state index contributed by atoms with van der Waals surface area (Å²) in [5.41, 5.74) is 2.93. The molecule has 19 heavy (non-hydrogen) atoms. The fraction of sp³-hybridized carbons (Fsp3) is 0.294. The van der Waals surface area contributed by atoms with Crippen LogP contribution in [0.5, 0.6) is 0 Å². The molecule has 1 unspecified atom stereocenters. The Kier molecular flexibility index (Phi) is 3.24. The molecular formula is C17H18FN. The summed E-state index contributed by atoms with van der Waals surface area (Å²) in [6, 6.07) is 15.8. The standard InChI is InChI=1S/C17H18FN/c1-12-7-10-15(18)16(11-12)19-17(14-8-9-14)13-5-3-2-4-6-13/h2-7,10-11,14,17,19H,8-9H2,1H3. The normalized spacial score (nSPS) is 16.1.